The molecular formula is C21H20FN3O3. The predicted molar refractivity (Wildman–Crippen MR) is 100 cm³/mol. The van der Waals surface area contributed by atoms with Crippen molar-refractivity contribution in [2.45, 2.75) is 37.6 Å². The molecule has 2 aromatic heterocycles. The Labute approximate surface area is 160 Å². The van der Waals surface area contributed by atoms with Crippen molar-refractivity contribution in [1.29, 1.82) is 0 Å². The van der Waals surface area contributed by atoms with E-state index >= 15 is 0 Å². The summed E-state index contributed by atoms with van der Waals surface area (Å²) in [6.07, 6.45) is 3.54. The third-order valence-electron chi connectivity index (χ3n) is 5.66. The van der Waals surface area contributed by atoms with Crippen molar-refractivity contribution < 1.29 is 18.8 Å². The molecule has 6 nitrogen and oxygen atoms in total. The Morgan fingerprint density at radius 3 is 2.79 bits per heavy atom. The quantitative estimate of drug-likeness (QED) is 0.707. The number of aliphatic hydroxyl groups is 1. The predicted octanol–water partition coefficient (Wildman–Crippen LogP) is 3.41. The number of hydrogen-bond acceptors (Lipinski definition) is 5. The molecule has 3 aromatic rings. The van der Waals surface area contributed by atoms with Crippen molar-refractivity contribution in [2.24, 2.45) is 5.92 Å². The van der Waals surface area contributed by atoms with Crippen molar-refractivity contribution in [1.82, 2.24) is 15.5 Å². The van der Waals surface area contributed by atoms with Crippen LogP contribution in [0, 0.1) is 11.7 Å². The zero-order valence-corrected chi connectivity index (χ0v) is 15.2. The molecule has 0 unspecified atom stereocenters. The van der Waals surface area contributed by atoms with Gasteiger partial charge in [0.2, 0.25) is 0 Å². The maximum absolute atomic E-state index is 14.3. The molecule has 0 saturated heterocycles. The summed E-state index contributed by atoms with van der Waals surface area (Å²) >= 11 is 0. The molecule has 2 N–H and O–H groups in total. The zero-order valence-electron chi connectivity index (χ0n) is 15.2. The lowest BCUT2D eigenvalue weighted by molar-refractivity contribution is 0.0834. The molecule has 2 saturated carbocycles. The first-order valence-electron chi connectivity index (χ1n) is 9.61. The van der Waals surface area contributed by atoms with Gasteiger partial charge in [-0.05, 0) is 49.8 Å². The largest absolute Gasteiger partial charge is 0.396 e. The summed E-state index contributed by atoms with van der Waals surface area (Å²) in [4.78, 5) is 17.5. The minimum atomic E-state index is -0.410. The Morgan fingerprint density at radius 1 is 1.29 bits per heavy atom. The molecule has 5 rings (SSSR count). The summed E-state index contributed by atoms with van der Waals surface area (Å²) in [5.74, 6) is -0.116. The van der Waals surface area contributed by atoms with E-state index in [0.717, 1.165) is 31.4 Å². The number of benzene rings is 1. The molecule has 0 spiro atoms. The molecule has 2 aliphatic rings. The maximum atomic E-state index is 14.3. The first-order valence-corrected chi connectivity index (χ1v) is 9.61. The van der Waals surface area contributed by atoms with E-state index in [9.17, 15) is 14.3 Å². The van der Waals surface area contributed by atoms with Gasteiger partial charge in [-0.1, -0.05) is 17.3 Å². The number of rotatable bonds is 5. The van der Waals surface area contributed by atoms with Gasteiger partial charge in [-0.3, -0.25) is 4.79 Å². The summed E-state index contributed by atoms with van der Waals surface area (Å²) in [5.41, 5.74) is 2.09. The number of carbonyl (C=O) groups is 1. The van der Waals surface area contributed by atoms with Crippen molar-refractivity contribution in [3.8, 4) is 11.3 Å². The van der Waals surface area contributed by atoms with E-state index in [1.54, 1.807) is 24.3 Å². The van der Waals surface area contributed by atoms with Crippen LogP contribution >= 0.6 is 0 Å². The van der Waals surface area contributed by atoms with Crippen LogP contribution in [0.2, 0.25) is 0 Å². The topological polar surface area (TPSA) is 88.2 Å². The number of nitrogens with zero attached hydrogens (tertiary/aromatic N) is 2. The van der Waals surface area contributed by atoms with Crippen molar-refractivity contribution >= 4 is 17.0 Å². The molecule has 144 valence electrons. The van der Waals surface area contributed by atoms with Crippen LogP contribution in [-0.2, 0) is 0 Å². The molecule has 1 aromatic carbocycles. The van der Waals surface area contributed by atoms with Gasteiger partial charge in [-0.2, -0.15) is 0 Å². The van der Waals surface area contributed by atoms with E-state index < -0.39 is 5.82 Å². The second-order valence-electron chi connectivity index (χ2n) is 7.75. The van der Waals surface area contributed by atoms with Crippen LogP contribution in [-0.4, -0.2) is 33.8 Å². The van der Waals surface area contributed by atoms with Gasteiger partial charge in [0.05, 0.1) is 22.3 Å². The fourth-order valence-electron chi connectivity index (χ4n) is 3.86. The van der Waals surface area contributed by atoms with Gasteiger partial charge in [0.25, 0.3) is 11.6 Å². The van der Waals surface area contributed by atoms with Gasteiger partial charge in [-0.15, -0.1) is 0 Å². The van der Waals surface area contributed by atoms with E-state index in [4.69, 9.17) is 4.52 Å². The zero-order chi connectivity index (χ0) is 19.3. The molecule has 7 heteroatoms. The van der Waals surface area contributed by atoms with Gasteiger partial charge < -0.3 is 14.9 Å². The number of carbonyl (C=O) groups excluding carboxylic acids is 1. The SMILES string of the molecule is O=C(NC1CC(CO)C1)c1cc(-c2ccccc2F)nc2onc(C3CC3)c12. The Hall–Kier alpha value is -2.80. The lowest BCUT2D eigenvalue weighted by Crippen LogP contribution is -2.45. The fourth-order valence-corrected chi connectivity index (χ4v) is 3.86. The Kier molecular flexibility index (Phi) is 4.12. The lowest BCUT2D eigenvalue weighted by atomic mass is 9.81. The highest BCUT2D eigenvalue weighted by Crippen LogP contribution is 2.43. The summed E-state index contributed by atoms with van der Waals surface area (Å²) in [6.45, 7) is 0.140. The minimum absolute atomic E-state index is 0.0361. The van der Waals surface area contributed by atoms with Gasteiger partial charge >= 0.3 is 0 Å². The van der Waals surface area contributed by atoms with Gasteiger partial charge in [0.15, 0.2) is 0 Å². The molecule has 2 aliphatic carbocycles. The molecule has 0 radical (unpaired) electrons. The Balaban J connectivity index is 1.57. The molecule has 0 bridgehead atoms. The first kappa shape index (κ1) is 17.3. The second-order valence-corrected chi connectivity index (χ2v) is 7.75. The van der Waals surface area contributed by atoms with Crippen LogP contribution < -0.4 is 5.32 Å². The summed E-state index contributed by atoms with van der Waals surface area (Å²) in [5, 5.41) is 17.0. The van der Waals surface area contributed by atoms with Crippen LogP contribution in [0.3, 0.4) is 0 Å². The van der Waals surface area contributed by atoms with Crippen LogP contribution in [0.5, 0.6) is 0 Å². The monoisotopic (exact) mass is 381 g/mol. The Morgan fingerprint density at radius 2 is 2.07 bits per heavy atom. The average Bonchev–Trinajstić information content (AvgIpc) is 3.42. The molecule has 2 fully saturated rings. The van der Waals surface area contributed by atoms with E-state index in [0.29, 0.717) is 22.2 Å². The lowest BCUT2D eigenvalue weighted by Gasteiger charge is -2.34. The average molecular weight is 381 g/mol. The smallest absolute Gasteiger partial charge is 0.259 e. The number of aromatic nitrogens is 2. The van der Waals surface area contributed by atoms with E-state index in [1.165, 1.54) is 6.07 Å². The van der Waals surface area contributed by atoms with Gasteiger partial charge in [0.1, 0.15) is 5.82 Å². The van der Waals surface area contributed by atoms with Gasteiger partial charge in [0, 0.05) is 24.1 Å². The summed E-state index contributed by atoms with van der Waals surface area (Å²) < 4.78 is 19.7. The van der Waals surface area contributed by atoms with Crippen LogP contribution in [0.15, 0.2) is 34.9 Å². The third-order valence-corrected chi connectivity index (χ3v) is 5.66. The minimum Gasteiger partial charge on any atom is -0.396 e. The summed E-state index contributed by atoms with van der Waals surface area (Å²) in [6, 6.07) is 7.99. The Bertz CT molecular complexity index is 1050. The van der Waals surface area contributed by atoms with E-state index in [2.05, 4.69) is 15.5 Å². The normalized spacial score (nSPS) is 21.5. The molecule has 1 amide bonds. The number of pyridine rings is 1. The van der Waals surface area contributed by atoms with Crippen LogP contribution in [0.25, 0.3) is 22.4 Å². The molecular weight excluding hydrogens is 361 g/mol. The van der Waals surface area contributed by atoms with E-state index in [-0.39, 0.29) is 36.1 Å². The van der Waals surface area contributed by atoms with Crippen LogP contribution in [0.1, 0.15) is 47.7 Å². The highest BCUT2D eigenvalue weighted by molar-refractivity contribution is 6.07. The van der Waals surface area contributed by atoms with Crippen molar-refractivity contribution in [3.05, 3.63) is 47.4 Å². The summed E-state index contributed by atoms with van der Waals surface area (Å²) in [7, 11) is 0. The third kappa shape index (κ3) is 2.96. The molecule has 2 heterocycles. The highest BCUT2D eigenvalue weighted by atomic mass is 19.1. The number of amides is 1. The standard InChI is InChI=1S/C21H20FN3O3/c22-16-4-2-1-3-14(16)17-9-15(20(27)23-13-7-11(8-13)10-26)18-19(12-5-6-12)25-28-21(18)24-17/h1-4,9,11-13,26H,5-8,10H2,(H,23,27). The maximum Gasteiger partial charge on any atom is 0.259 e. The van der Waals surface area contributed by atoms with Crippen LogP contribution in [0.4, 0.5) is 4.39 Å². The first-order chi connectivity index (χ1) is 13.6. The fraction of sp³-hybridized carbons (Fsp3) is 0.381. The number of hydrogen-bond donors (Lipinski definition) is 2. The number of aliphatic hydroxyl groups excluding tert-OH is 1. The number of nitrogens with one attached hydrogen (secondary N) is 1. The van der Waals surface area contributed by atoms with Crippen molar-refractivity contribution in [2.75, 3.05) is 6.61 Å². The molecule has 0 aliphatic heterocycles. The number of fused-ring (bicyclic) bond motifs is 1. The second kappa shape index (κ2) is 6.67. The highest BCUT2D eigenvalue weighted by Gasteiger charge is 2.34. The molecule has 28 heavy (non-hydrogen) atoms. The number of halogens is 1. The van der Waals surface area contributed by atoms with Crippen molar-refractivity contribution in [3.63, 3.8) is 0 Å². The van der Waals surface area contributed by atoms with Gasteiger partial charge in [-0.25, -0.2) is 9.37 Å². The van der Waals surface area contributed by atoms with E-state index in [1.807, 2.05) is 0 Å². The molecule has 0 atom stereocenters.